The highest BCUT2D eigenvalue weighted by atomic mass is 79.9. The molecule has 1 nitrogen and oxygen atoms in total. The van der Waals surface area contributed by atoms with Crippen molar-refractivity contribution in [3.8, 4) is 0 Å². The molecular weight excluding hydrogens is 202 g/mol. The molecular formula is C9H12BrN. The summed E-state index contributed by atoms with van der Waals surface area (Å²) in [5, 5.41) is 0. The summed E-state index contributed by atoms with van der Waals surface area (Å²) in [5.74, 6) is 0. The van der Waals surface area contributed by atoms with Gasteiger partial charge in [-0.2, -0.15) is 0 Å². The van der Waals surface area contributed by atoms with Crippen LogP contribution in [0.15, 0.2) is 22.7 Å². The van der Waals surface area contributed by atoms with E-state index < -0.39 is 0 Å². The van der Waals surface area contributed by atoms with Crippen LogP contribution >= 0.6 is 15.9 Å². The van der Waals surface area contributed by atoms with E-state index in [1.807, 2.05) is 0 Å². The first-order valence-corrected chi connectivity index (χ1v) is 4.54. The van der Waals surface area contributed by atoms with Gasteiger partial charge < -0.3 is 5.73 Å². The molecule has 0 saturated carbocycles. The molecule has 0 aliphatic heterocycles. The zero-order valence-corrected chi connectivity index (χ0v) is 8.19. The van der Waals surface area contributed by atoms with Crippen molar-refractivity contribution in [2.24, 2.45) is 5.73 Å². The molecule has 1 aromatic carbocycles. The summed E-state index contributed by atoms with van der Waals surface area (Å²) in [6, 6.07) is 6.27. The van der Waals surface area contributed by atoms with E-state index in [-0.39, 0.29) is 0 Å². The number of hydrogen-bond acceptors (Lipinski definition) is 1. The van der Waals surface area contributed by atoms with Gasteiger partial charge in [-0.1, -0.05) is 35.0 Å². The Hall–Kier alpha value is -0.340. The number of halogens is 1. The molecule has 2 N–H and O–H groups in total. The second-order valence-electron chi connectivity index (χ2n) is 2.48. The van der Waals surface area contributed by atoms with Gasteiger partial charge in [0.1, 0.15) is 0 Å². The molecule has 0 atom stereocenters. The van der Waals surface area contributed by atoms with Gasteiger partial charge in [0.05, 0.1) is 0 Å². The Kier molecular flexibility index (Phi) is 3.09. The van der Waals surface area contributed by atoms with Gasteiger partial charge >= 0.3 is 0 Å². The monoisotopic (exact) mass is 213 g/mol. The van der Waals surface area contributed by atoms with Crippen molar-refractivity contribution in [1.82, 2.24) is 0 Å². The van der Waals surface area contributed by atoms with Crippen LogP contribution in [0.1, 0.15) is 18.1 Å². The Bertz CT molecular complexity index is 245. The number of hydrogen-bond donors (Lipinski definition) is 1. The van der Waals surface area contributed by atoms with Crippen molar-refractivity contribution < 1.29 is 0 Å². The van der Waals surface area contributed by atoms with Gasteiger partial charge in [-0.25, -0.2) is 0 Å². The predicted molar refractivity (Wildman–Crippen MR) is 51.4 cm³/mol. The minimum Gasteiger partial charge on any atom is -0.326 e. The fourth-order valence-electron chi connectivity index (χ4n) is 1.00. The molecule has 60 valence electrons. The van der Waals surface area contributed by atoms with E-state index >= 15 is 0 Å². The van der Waals surface area contributed by atoms with Crippen LogP contribution in [0.25, 0.3) is 0 Å². The van der Waals surface area contributed by atoms with Crippen molar-refractivity contribution in [2.75, 3.05) is 0 Å². The second-order valence-corrected chi connectivity index (χ2v) is 3.34. The molecule has 1 rings (SSSR count). The zero-order valence-electron chi connectivity index (χ0n) is 6.60. The van der Waals surface area contributed by atoms with Crippen LogP contribution in [-0.2, 0) is 13.0 Å². The van der Waals surface area contributed by atoms with Gasteiger partial charge in [-0.3, -0.25) is 0 Å². The largest absolute Gasteiger partial charge is 0.326 e. The first kappa shape index (κ1) is 8.75. The number of nitrogens with two attached hydrogens (primary N) is 1. The lowest BCUT2D eigenvalue weighted by Crippen LogP contribution is -1.96. The van der Waals surface area contributed by atoms with E-state index in [9.17, 15) is 0 Å². The molecule has 0 amide bonds. The van der Waals surface area contributed by atoms with Crippen molar-refractivity contribution >= 4 is 15.9 Å². The van der Waals surface area contributed by atoms with Crippen molar-refractivity contribution in [1.29, 1.82) is 0 Å². The average Bonchev–Trinajstić information content (AvgIpc) is 2.04. The fraction of sp³-hybridized carbons (Fsp3) is 0.333. The number of benzene rings is 1. The quantitative estimate of drug-likeness (QED) is 0.803. The molecule has 0 aliphatic rings. The number of aryl methyl sites for hydroxylation is 1. The van der Waals surface area contributed by atoms with Crippen molar-refractivity contribution in [3.05, 3.63) is 33.8 Å². The Morgan fingerprint density at radius 2 is 2.18 bits per heavy atom. The third kappa shape index (κ3) is 2.04. The molecule has 0 heterocycles. The highest BCUT2D eigenvalue weighted by molar-refractivity contribution is 9.10. The fourth-order valence-corrected chi connectivity index (χ4v) is 1.71. The first-order valence-electron chi connectivity index (χ1n) is 3.75. The molecule has 0 aliphatic carbocycles. The van der Waals surface area contributed by atoms with E-state index in [0.717, 1.165) is 6.42 Å². The summed E-state index contributed by atoms with van der Waals surface area (Å²) in [5.41, 5.74) is 8.00. The average molecular weight is 214 g/mol. The van der Waals surface area contributed by atoms with Gasteiger partial charge in [0.2, 0.25) is 0 Å². The van der Waals surface area contributed by atoms with Crippen LogP contribution in [0.4, 0.5) is 0 Å². The summed E-state index contributed by atoms with van der Waals surface area (Å²) in [7, 11) is 0. The Morgan fingerprint density at radius 3 is 2.64 bits per heavy atom. The van der Waals surface area contributed by atoms with E-state index in [1.54, 1.807) is 0 Å². The topological polar surface area (TPSA) is 26.0 Å². The van der Waals surface area contributed by atoms with Gasteiger partial charge in [0.15, 0.2) is 0 Å². The zero-order chi connectivity index (χ0) is 8.27. The predicted octanol–water partition coefficient (Wildman–Crippen LogP) is 2.47. The maximum atomic E-state index is 5.49. The summed E-state index contributed by atoms with van der Waals surface area (Å²) in [6.45, 7) is 2.75. The van der Waals surface area contributed by atoms with Crippen LogP contribution in [0, 0.1) is 0 Å². The molecule has 0 aromatic heterocycles. The van der Waals surface area contributed by atoms with E-state index in [0.29, 0.717) is 6.54 Å². The number of rotatable bonds is 2. The minimum absolute atomic E-state index is 0.614. The van der Waals surface area contributed by atoms with E-state index in [2.05, 4.69) is 41.1 Å². The van der Waals surface area contributed by atoms with Gasteiger partial charge in [0.25, 0.3) is 0 Å². The normalized spacial score (nSPS) is 10.1. The van der Waals surface area contributed by atoms with E-state index in [1.165, 1.54) is 15.6 Å². The van der Waals surface area contributed by atoms with Crippen LogP contribution in [0.2, 0.25) is 0 Å². The van der Waals surface area contributed by atoms with Gasteiger partial charge in [-0.05, 0) is 23.6 Å². The van der Waals surface area contributed by atoms with Crippen LogP contribution in [0.5, 0.6) is 0 Å². The highest BCUT2D eigenvalue weighted by Gasteiger charge is 1.97. The standard InChI is InChI=1S/C9H12BrN/c1-2-8-4-3-7(6-11)5-9(8)10/h3-5H,2,6,11H2,1H3. The van der Waals surface area contributed by atoms with Crippen LogP contribution in [0.3, 0.4) is 0 Å². The van der Waals surface area contributed by atoms with Crippen LogP contribution in [-0.4, -0.2) is 0 Å². The molecule has 0 bridgehead atoms. The molecule has 0 spiro atoms. The van der Waals surface area contributed by atoms with Gasteiger partial charge in [0, 0.05) is 11.0 Å². The molecule has 0 unspecified atom stereocenters. The van der Waals surface area contributed by atoms with Crippen molar-refractivity contribution in [3.63, 3.8) is 0 Å². The maximum absolute atomic E-state index is 5.49. The SMILES string of the molecule is CCc1ccc(CN)cc1Br. The Balaban J connectivity index is 2.99. The first-order chi connectivity index (χ1) is 5.27. The molecule has 0 saturated heterocycles. The lowest BCUT2D eigenvalue weighted by molar-refractivity contribution is 1.05. The summed E-state index contributed by atoms with van der Waals surface area (Å²) < 4.78 is 1.17. The lowest BCUT2D eigenvalue weighted by Gasteiger charge is -2.02. The maximum Gasteiger partial charge on any atom is 0.0210 e. The molecule has 2 heteroatoms. The molecule has 0 fully saturated rings. The lowest BCUT2D eigenvalue weighted by atomic mass is 10.1. The molecule has 0 radical (unpaired) electrons. The Labute approximate surface area is 75.7 Å². The minimum atomic E-state index is 0.614. The second kappa shape index (κ2) is 3.88. The summed E-state index contributed by atoms with van der Waals surface area (Å²) >= 11 is 3.49. The summed E-state index contributed by atoms with van der Waals surface area (Å²) in [4.78, 5) is 0. The van der Waals surface area contributed by atoms with Gasteiger partial charge in [-0.15, -0.1) is 0 Å². The molecule has 1 aromatic rings. The van der Waals surface area contributed by atoms with E-state index in [4.69, 9.17) is 5.73 Å². The Morgan fingerprint density at radius 1 is 1.45 bits per heavy atom. The molecule has 11 heavy (non-hydrogen) atoms. The smallest absolute Gasteiger partial charge is 0.0210 e. The third-order valence-corrected chi connectivity index (χ3v) is 2.47. The summed E-state index contributed by atoms with van der Waals surface area (Å²) in [6.07, 6.45) is 1.06. The third-order valence-electron chi connectivity index (χ3n) is 1.73. The van der Waals surface area contributed by atoms with Crippen molar-refractivity contribution in [2.45, 2.75) is 19.9 Å². The van der Waals surface area contributed by atoms with Crippen LogP contribution < -0.4 is 5.73 Å². The highest BCUT2D eigenvalue weighted by Crippen LogP contribution is 2.18.